The first kappa shape index (κ1) is 54.5. The summed E-state index contributed by atoms with van der Waals surface area (Å²) in [6.45, 7) is 4.36. The Hall–Kier alpha value is -1.51. The summed E-state index contributed by atoms with van der Waals surface area (Å²) in [5.41, 5.74) is 0. The van der Waals surface area contributed by atoms with Gasteiger partial charge in [-0.3, -0.25) is 18.6 Å². The number of allylic oxidation sites excluding steroid dienone is 4. The second-order valence-corrected chi connectivity index (χ2v) is 18.2. The van der Waals surface area contributed by atoms with Crippen molar-refractivity contribution < 1.29 is 42.1 Å². The molecule has 0 aliphatic heterocycles. The van der Waals surface area contributed by atoms with Crippen LogP contribution in [0.4, 0.5) is 0 Å². The Morgan fingerprint density at radius 3 is 1.48 bits per heavy atom. The molecule has 0 spiro atoms. The van der Waals surface area contributed by atoms with E-state index in [9.17, 15) is 19.0 Å². The highest BCUT2D eigenvalue weighted by atomic mass is 31.2. The predicted octanol–water partition coefficient (Wildman–Crippen LogP) is 13.1. The van der Waals surface area contributed by atoms with Gasteiger partial charge >= 0.3 is 19.8 Å². The largest absolute Gasteiger partial charge is 0.472 e. The number of ether oxygens (including phenoxy) is 2. The topological polar surface area (TPSA) is 108 Å². The number of phosphoric acid groups is 1. The molecule has 0 heterocycles. The number of hydrogen-bond acceptors (Lipinski definition) is 7. The maximum absolute atomic E-state index is 12.7. The van der Waals surface area contributed by atoms with Crippen LogP contribution in [0.25, 0.3) is 0 Å². The van der Waals surface area contributed by atoms with Gasteiger partial charge in [-0.2, -0.15) is 0 Å². The summed E-state index contributed by atoms with van der Waals surface area (Å²) in [6, 6.07) is 0. The molecule has 2 atom stereocenters. The summed E-state index contributed by atoms with van der Waals surface area (Å²) in [5, 5.41) is 0. The van der Waals surface area contributed by atoms with E-state index in [1.165, 1.54) is 109 Å². The zero-order chi connectivity index (χ0) is 41.4. The van der Waals surface area contributed by atoms with Crippen LogP contribution in [0.2, 0.25) is 0 Å². The normalized spacial score (nSPS) is 13.8. The number of unbranched alkanes of at least 4 members (excludes halogenated alkanes) is 24. The van der Waals surface area contributed by atoms with Crippen LogP contribution in [0, 0.1) is 0 Å². The molecular formula is C46H89NO8P+. The number of rotatable bonds is 42. The van der Waals surface area contributed by atoms with Gasteiger partial charge in [0.05, 0.1) is 27.7 Å². The lowest BCUT2D eigenvalue weighted by atomic mass is 10.0. The molecule has 0 amide bonds. The SMILES string of the molecule is CCC/C=C\C/C=C\CCCCCCCC(=O)OC(COC(=O)CCCCCCCCCCCCCCCCCCCCC)COP(=O)(O)OCC[N+](C)(C)C. The van der Waals surface area contributed by atoms with Crippen molar-refractivity contribution in [2.45, 2.75) is 213 Å². The molecule has 0 radical (unpaired) electrons. The van der Waals surface area contributed by atoms with Gasteiger partial charge in [0.1, 0.15) is 19.8 Å². The van der Waals surface area contributed by atoms with Gasteiger partial charge in [0, 0.05) is 12.8 Å². The van der Waals surface area contributed by atoms with Gasteiger partial charge in [0.15, 0.2) is 6.10 Å². The van der Waals surface area contributed by atoms with E-state index in [1.54, 1.807) is 0 Å². The third-order valence-corrected chi connectivity index (χ3v) is 10.9. The van der Waals surface area contributed by atoms with Crippen molar-refractivity contribution in [2.75, 3.05) is 47.5 Å². The van der Waals surface area contributed by atoms with Crippen molar-refractivity contribution in [3.63, 3.8) is 0 Å². The molecule has 56 heavy (non-hydrogen) atoms. The first-order chi connectivity index (χ1) is 27.0. The molecule has 0 saturated heterocycles. The molecule has 0 aromatic heterocycles. The third kappa shape index (κ3) is 42.1. The molecule has 0 aliphatic carbocycles. The molecule has 0 rings (SSSR count). The molecule has 0 bridgehead atoms. The van der Waals surface area contributed by atoms with E-state index in [0.717, 1.165) is 64.2 Å². The first-order valence-electron chi connectivity index (χ1n) is 23.1. The van der Waals surface area contributed by atoms with Gasteiger partial charge in [0.2, 0.25) is 0 Å². The molecule has 9 nitrogen and oxygen atoms in total. The van der Waals surface area contributed by atoms with Crippen LogP contribution in [0.5, 0.6) is 0 Å². The van der Waals surface area contributed by atoms with Crippen LogP contribution in [0.15, 0.2) is 24.3 Å². The minimum Gasteiger partial charge on any atom is -0.462 e. The lowest BCUT2D eigenvalue weighted by Crippen LogP contribution is -2.37. The molecule has 330 valence electrons. The Balaban J connectivity index is 4.27. The highest BCUT2D eigenvalue weighted by molar-refractivity contribution is 7.47. The minimum atomic E-state index is -4.37. The van der Waals surface area contributed by atoms with Crippen molar-refractivity contribution >= 4 is 19.8 Å². The fraction of sp³-hybridized carbons (Fsp3) is 0.870. The maximum atomic E-state index is 12.7. The van der Waals surface area contributed by atoms with E-state index in [-0.39, 0.29) is 25.6 Å². The van der Waals surface area contributed by atoms with Crippen LogP contribution < -0.4 is 0 Å². The number of esters is 2. The fourth-order valence-electron chi connectivity index (χ4n) is 6.35. The van der Waals surface area contributed by atoms with Gasteiger partial charge in [-0.1, -0.05) is 179 Å². The Morgan fingerprint density at radius 2 is 1.00 bits per heavy atom. The van der Waals surface area contributed by atoms with Crippen molar-refractivity contribution in [2.24, 2.45) is 0 Å². The second-order valence-electron chi connectivity index (χ2n) is 16.8. The van der Waals surface area contributed by atoms with Crippen LogP contribution in [0.3, 0.4) is 0 Å². The maximum Gasteiger partial charge on any atom is 0.472 e. The van der Waals surface area contributed by atoms with Gasteiger partial charge in [-0.05, 0) is 38.5 Å². The van der Waals surface area contributed by atoms with Gasteiger partial charge in [-0.15, -0.1) is 0 Å². The Kier molecular flexibility index (Phi) is 37.9. The fourth-order valence-corrected chi connectivity index (χ4v) is 7.09. The molecule has 2 unspecified atom stereocenters. The average molecular weight is 815 g/mol. The predicted molar refractivity (Wildman–Crippen MR) is 234 cm³/mol. The number of quaternary nitrogens is 1. The van der Waals surface area contributed by atoms with E-state index in [0.29, 0.717) is 23.9 Å². The molecule has 0 fully saturated rings. The lowest BCUT2D eigenvalue weighted by Gasteiger charge is -2.24. The first-order valence-corrected chi connectivity index (χ1v) is 24.6. The summed E-state index contributed by atoms with van der Waals surface area (Å²) in [6.07, 6.45) is 42.3. The van der Waals surface area contributed by atoms with Gasteiger partial charge < -0.3 is 18.9 Å². The molecular weight excluding hydrogens is 725 g/mol. The Bertz CT molecular complexity index is 1010. The van der Waals surface area contributed by atoms with Crippen molar-refractivity contribution in [3.8, 4) is 0 Å². The van der Waals surface area contributed by atoms with E-state index in [4.69, 9.17) is 18.5 Å². The minimum absolute atomic E-state index is 0.0306. The van der Waals surface area contributed by atoms with E-state index >= 15 is 0 Å². The smallest absolute Gasteiger partial charge is 0.462 e. The number of likely N-dealkylation sites (N-methyl/N-ethyl adjacent to an activating group) is 1. The standard InChI is InChI=1S/C46H88NO8P/c1-6-8-10-12-14-16-18-20-21-22-23-24-25-27-28-30-32-34-36-38-45(48)52-42-44(43-54-56(50,51)53-41-40-47(3,4)5)55-46(49)39-37-35-33-31-29-26-19-17-15-13-11-9-7-2/h11,13,17,19,44H,6-10,12,14-16,18,20-43H2,1-5H3/p+1/b13-11-,19-17-. The third-order valence-electron chi connectivity index (χ3n) is 9.97. The monoisotopic (exact) mass is 815 g/mol. The molecule has 0 aliphatic rings. The summed E-state index contributed by atoms with van der Waals surface area (Å²) in [4.78, 5) is 35.4. The number of hydrogen-bond donors (Lipinski definition) is 1. The quantitative estimate of drug-likeness (QED) is 0.0213. The summed E-state index contributed by atoms with van der Waals surface area (Å²) < 4.78 is 34.3. The lowest BCUT2D eigenvalue weighted by molar-refractivity contribution is -0.870. The van der Waals surface area contributed by atoms with Crippen LogP contribution in [-0.2, 0) is 32.7 Å². The molecule has 10 heteroatoms. The molecule has 0 aromatic carbocycles. The Labute approximate surface area is 345 Å². The molecule has 1 N–H and O–H groups in total. The second kappa shape index (κ2) is 39.0. The zero-order valence-corrected chi connectivity index (χ0v) is 38.0. The number of phosphoric ester groups is 1. The van der Waals surface area contributed by atoms with Crippen LogP contribution in [-0.4, -0.2) is 74.9 Å². The number of carbonyl (C=O) groups is 2. The average Bonchev–Trinajstić information content (AvgIpc) is 3.15. The van der Waals surface area contributed by atoms with E-state index in [1.807, 2.05) is 21.1 Å². The number of carbonyl (C=O) groups excluding carboxylic acids is 2. The highest BCUT2D eigenvalue weighted by Crippen LogP contribution is 2.43. The van der Waals surface area contributed by atoms with Crippen LogP contribution >= 0.6 is 7.82 Å². The molecule has 0 saturated carbocycles. The van der Waals surface area contributed by atoms with Crippen molar-refractivity contribution in [3.05, 3.63) is 24.3 Å². The van der Waals surface area contributed by atoms with Crippen LogP contribution in [0.1, 0.15) is 206 Å². The van der Waals surface area contributed by atoms with E-state index < -0.39 is 26.5 Å². The van der Waals surface area contributed by atoms with Crippen molar-refractivity contribution in [1.82, 2.24) is 0 Å². The highest BCUT2D eigenvalue weighted by Gasteiger charge is 2.27. The van der Waals surface area contributed by atoms with E-state index in [2.05, 4.69) is 38.2 Å². The van der Waals surface area contributed by atoms with Gasteiger partial charge in [0.25, 0.3) is 0 Å². The number of nitrogens with zero attached hydrogens (tertiary/aromatic N) is 1. The summed E-state index contributed by atoms with van der Waals surface area (Å²) in [7, 11) is 1.47. The zero-order valence-electron chi connectivity index (χ0n) is 37.1. The Morgan fingerprint density at radius 1 is 0.554 bits per heavy atom. The van der Waals surface area contributed by atoms with Gasteiger partial charge in [-0.25, -0.2) is 4.57 Å². The molecule has 0 aromatic rings. The summed E-state index contributed by atoms with van der Waals surface area (Å²) in [5.74, 6) is -0.807. The van der Waals surface area contributed by atoms with Crippen molar-refractivity contribution in [1.29, 1.82) is 0 Å². The summed E-state index contributed by atoms with van der Waals surface area (Å²) >= 11 is 0.